The number of allylic oxidation sites excluding steroid dienone is 2. The molecule has 0 radical (unpaired) electrons. The van der Waals surface area contributed by atoms with Crippen LogP contribution in [0.15, 0.2) is 41.7 Å². The summed E-state index contributed by atoms with van der Waals surface area (Å²) in [6.07, 6.45) is 8.61. The van der Waals surface area contributed by atoms with Crippen LogP contribution in [0.1, 0.15) is 70.8 Å². The molecule has 0 saturated heterocycles. The first-order valence-corrected chi connectivity index (χ1v) is 14.9. The number of dihydropyridines is 1. The molecule has 0 amide bonds. The van der Waals surface area contributed by atoms with Gasteiger partial charge in [-0.2, -0.15) is 0 Å². The van der Waals surface area contributed by atoms with Crippen LogP contribution in [-0.4, -0.2) is 64.5 Å². The highest BCUT2D eigenvalue weighted by molar-refractivity contribution is 5.42. The lowest BCUT2D eigenvalue weighted by molar-refractivity contribution is 0.00428. The monoisotopic (exact) mass is 555 g/mol. The van der Waals surface area contributed by atoms with Crippen LogP contribution in [-0.2, 0) is 6.42 Å². The summed E-state index contributed by atoms with van der Waals surface area (Å²) in [4.78, 5) is 0. The van der Waals surface area contributed by atoms with Crippen LogP contribution in [0.2, 0.25) is 0 Å². The summed E-state index contributed by atoms with van der Waals surface area (Å²) >= 11 is 0. The first-order chi connectivity index (χ1) is 19.2. The van der Waals surface area contributed by atoms with Crippen LogP contribution in [0.25, 0.3) is 0 Å². The molecule has 222 valence electrons. The molecular weight excluding hydrogens is 506 g/mol. The van der Waals surface area contributed by atoms with Crippen LogP contribution in [0.5, 0.6) is 11.5 Å². The smallest absolute Gasteiger partial charge is 0.161 e. The minimum Gasteiger partial charge on any atom is -0.504 e. The number of aromatic hydroxyl groups is 1. The van der Waals surface area contributed by atoms with E-state index in [1.165, 1.54) is 5.57 Å². The second-order valence-corrected chi connectivity index (χ2v) is 11.2. The van der Waals surface area contributed by atoms with Crippen molar-refractivity contribution >= 4 is 0 Å². The topological polar surface area (TPSA) is 140 Å². The molecule has 40 heavy (non-hydrogen) atoms. The molecule has 3 rings (SSSR count). The Morgan fingerprint density at radius 2 is 2.05 bits per heavy atom. The van der Waals surface area contributed by atoms with Crippen LogP contribution in [0, 0.1) is 23.7 Å². The number of phenols is 1. The normalized spacial score (nSPS) is 24.9. The van der Waals surface area contributed by atoms with Gasteiger partial charge in [0.2, 0.25) is 0 Å². The van der Waals surface area contributed by atoms with Gasteiger partial charge in [0.25, 0.3) is 0 Å². The highest BCUT2D eigenvalue weighted by Gasteiger charge is 2.28. The highest BCUT2D eigenvalue weighted by atomic mass is 16.5. The third-order valence-electron chi connectivity index (χ3n) is 7.84. The second kappa shape index (κ2) is 16.5. The lowest BCUT2D eigenvalue weighted by Gasteiger charge is -2.30. The standard InChI is InChI=1S/C32H49N3O5/c1-3-23-6-4-8-27(29(38)14-11-26(18-23)35-21-22(2)36)28(37)12-9-25-10-13-30(39)31(19-25)40-17-5-7-24-15-16-34-32(33)20-24/h10,13,15,19-20,22-23,26-29,34-39H,3,5,7-9,11-12,14,16-18,21,33H2,1-2H3. The number of aryl methyl sites for hydroxylation is 1. The van der Waals surface area contributed by atoms with E-state index in [1.54, 1.807) is 13.0 Å². The molecule has 1 aliphatic heterocycles. The van der Waals surface area contributed by atoms with E-state index in [9.17, 15) is 20.4 Å². The number of hydrogen-bond donors (Lipinski definition) is 7. The van der Waals surface area contributed by atoms with Crippen molar-refractivity contribution in [1.29, 1.82) is 0 Å². The number of ether oxygens (including phenoxy) is 1. The summed E-state index contributed by atoms with van der Waals surface area (Å²) in [5.41, 5.74) is 7.96. The molecule has 8 heteroatoms. The highest BCUT2D eigenvalue weighted by Crippen LogP contribution is 2.29. The zero-order valence-corrected chi connectivity index (χ0v) is 24.1. The Kier molecular flexibility index (Phi) is 13.2. The molecule has 1 heterocycles. The van der Waals surface area contributed by atoms with Gasteiger partial charge in [-0.05, 0) is 87.6 Å². The summed E-state index contributed by atoms with van der Waals surface area (Å²) in [6, 6.07) is 5.47. The van der Waals surface area contributed by atoms with Gasteiger partial charge in [-0.25, -0.2) is 0 Å². The van der Waals surface area contributed by atoms with Crippen molar-refractivity contribution in [3.63, 3.8) is 0 Å². The van der Waals surface area contributed by atoms with E-state index in [0.29, 0.717) is 50.4 Å². The maximum absolute atomic E-state index is 11.1. The fraction of sp³-hybridized carbons (Fsp3) is 0.625. The van der Waals surface area contributed by atoms with Gasteiger partial charge in [0, 0.05) is 37.4 Å². The lowest BCUT2D eigenvalue weighted by Crippen LogP contribution is -2.38. The summed E-state index contributed by atoms with van der Waals surface area (Å²) in [6.45, 7) is 5.61. The predicted molar refractivity (Wildman–Crippen MR) is 159 cm³/mol. The molecule has 2 aliphatic rings. The van der Waals surface area contributed by atoms with E-state index in [4.69, 9.17) is 10.5 Å². The second-order valence-electron chi connectivity index (χ2n) is 11.2. The molecule has 0 bridgehead atoms. The van der Waals surface area contributed by atoms with E-state index >= 15 is 0 Å². The van der Waals surface area contributed by atoms with E-state index in [0.717, 1.165) is 44.2 Å². The maximum Gasteiger partial charge on any atom is 0.161 e. The molecule has 0 spiro atoms. The molecule has 6 unspecified atom stereocenters. The largest absolute Gasteiger partial charge is 0.504 e. The predicted octanol–water partition coefficient (Wildman–Crippen LogP) is 3.09. The Labute approximate surface area is 239 Å². The van der Waals surface area contributed by atoms with E-state index in [-0.39, 0.29) is 23.6 Å². The molecule has 0 fully saturated rings. The molecule has 6 atom stereocenters. The van der Waals surface area contributed by atoms with Gasteiger partial charge in [0.15, 0.2) is 11.5 Å². The molecule has 1 aromatic carbocycles. The zero-order valence-electron chi connectivity index (χ0n) is 24.1. The number of aliphatic hydroxyl groups is 3. The third-order valence-corrected chi connectivity index (χ3v) is 7.84. The summed E-state index contributed by atoms with van der Waals surface area (Å²) < 4.78 is 5.87. The lowest BCUT2D eigenvalue weighted by atomic mass is 9.84. The van der Waals surface area contributed by atoms with Gasteiger partial charge in [0.05, 0.1) is 30.7 Å². The van der Waals surface area contributed by atoms with Crippen molar-refractivity contribution in [2.45, 2.75) is 96.0 Å². The van der Waals surface area contributed by atoms with Crippen molar-refractivity contribution in [2.24, 2.45) is 17.6 Å². The van der Waals surface area contributed by atoms with Gasteiger partial charge >= 0.3 is 0 Å². The van der Waals surface area contributed by atoms with Crippen LogP contribution in [0.4, 0.5) is 0 Å². The van der Waals surface area contributed by atoms with Gasteiger partial charge in [-0.15, -0.1) is 5.92 Å². The van der Waals surface area contributed by atoms with Crippen LogP contribution in [0.3, 0.4) is 0 Å². The van der Waals surface area contributed by atoms with Crippen LogP contribution < -0.4 is 21.1 Å². The average Bonchev–Trinajstić information content (AvgIpc) is 2.93. The first kappa shape index (κ1) is 31.8. The molecule has 8 N–H and O–H groups in total. The molecule has 1 aliphatic carbocycles. The number of benzene rings is 1. The quantitative estimate of drug-likeness (QED) is 0.146. The Morgan fingerprint density at radius 3 is 2.80 bits per heavy atom. The fourth-order valence-corrected chi connectivity index (χ4v) is 5.35. The molecule has 0 aromatic heterocycles. The number of nitrogens with one attached hydrogen (secondary N) is 2. The minimum absolute atomic E-state index is 0.0942. The van der Waals surface area contributed by atoms with Gasteiger partial charge in [-0.3, -0.25) is 0 Å². The maximum atomic E-state index is 11.1. The van der Waals surface area contributed by atoms with E-state index in [2.05, 4.69) is 35.5 Å². The first-order valence-electron chi connectivity index (χ1n) is 14.9. The zero-order chi connectivity index (χ0) is 28.9. The van der Waals surface area contributed by atoms with Gasteiger partial charge in [0.1, 0.15) is 0 Å². The van der Waals surface area contributed by atoms with E-state index in [1.807, 2.05) is 18.2 Å². The molecule has 0 saturated carbocycles. The Bertz CT molecular complexity index is 1040. The summed E-state index contributed by atoms with van der Waals surface area (Å²) in [7, 11) is 0. The number of phenolic OH excluding ortho intramolecular Hbond substituents is 1. The third kappa shape index (κ3) is 10.7. The number of aliphatic hydroxyl groups excluding tert-OH is 3. The number of rotatable bonds is 13. The Hall–Kier alpha value is -2.70. The SMILES string of the molecule is CCC1C#CCC(C(O)CCc2ccc(O)c(OCCCC3=CCNC(N)=C3)c2)C(O)CCC(NCC(C)O)C1. The van der Waals surface area contributed by atoms with Gasteiger partial charge in [-0.1, -0.05) is 25.0 Å². The summed E-state index contributed by atoms with van der Waals surface area (Å²) in [5.74, 6) is 7.74. The molecule has 1 aromatic rings. The number of hydrogen-bond acceptors (Lipinski definition) is 8. The van der Waals surface area contributed by atoms with Crippen molar-refractivity contribution in [3.05, 3.63) is 47.3 Å². The van der Waals surface area contributed by atoms with E-state index < -0.39 is 18.3 Å². The minimum atomic E-state index is -0.704. The van der Waals surface area contributed by atoms with Crippen molar-refractivity contribution in [2.75, 3.05) is 19.7 Å². The van der Waals surface area contributed by atoms with Crippen molar-refractivity contribution < 1.29 is 25.2 Å². The molecular formula is C32H49N3O5. The number of nitrogens with two attached hydrogens (primary N) is 1. The average molecular weight is 556 g/mol. The van der Waals surface area contributed by atoms with Crippen LogP contribution >= 0.6 is 0 Å². The van der Waals surface area contributed by atoms with Crippen molar-refractivity contribution in [3.8, 4) is 23.3 Å². The fourth-order valence-electron chi connectivity index (χ4n) is 5.35. The summed E-state index contributed by atoms with van der Waals surface area (Å²) in [5, 5.41) is 48.6. The Morgan fingerprint density at radius 1 is 1.23 bits per heavy atom. The van der Waals surface area contributed by atoms with Gasteiger partial charge < -0.3 is 41.5 Å². The Balaban J connectivity index is 1.54. The van der Waals surface area contributed by atoms with Crippen molar-refractivity contribution in [1.82, 2.24) is 10.6 Å². The molecule has 8 nitrogen and oxygen atoms in total.